The van der Waals surface area contributed by atoms with Crippen molar-refractivity contribution in [2.75, 3.05) is 0 Å². The number of halogens is 4. The standard InChI is InChI=1S/C12H14F4/c1-8(2)9-4-6-10(7-5-9)12(15,16)11(3,13)14/h4-8H,1-3H3. The molecule has 0 aliphatic carbocycles. The number of hydrogen-bond acceptors (Lipinski definition) is 0. The highest BCUT2D eigenvalue weighted by molar-refractivity contribution is 5.28. The molecule has 0 amide bonds. The second-order valence-electron chi connectivity index (χ2n) is 4.24. The molecule has 0 aromatic heterocycles. The molecule has 1 rings (SSSR count). The molecular formula is C12H14F4. The first-order chi connectivity index (χ1) is 7.16. The molecule has 0 bridgehead atoms. The van der Waals surface area contributed by atoms with Crippen molar-refractivity contribution in [2.45, 2.75) is 38.5 Å². The molecule has 0 heterocycles. The lowest BCUT2D eigenvalue weighted by molar-refractivity contribution is -0.204. The zero-order chi connectivity index (χ0) is 12.6. The average molecular weight is 234 g/mol. The van der Waals surface area contributed by atoms with Gasteiger partial charge in [-0.3, -0.25) is 0 Å². The first kappa shape index (κ1) is 13.0. The van der Waals surface area contributed by atoms with Crippen LogP contribution < -0.4 is 0 Å². The summed E-state index contributed by atoms with van der Waals surface area (Å²) >= 11 is 0. The summed E-state index contributed by atoms with van der Waals surface area (Å²) in [6.45, 7) is 4.03. The minimum absolute atomic E-state index is 0.185. The fraction of sp³-hybridized carbons (Fsp3) is 0.500. The lowest BCUT2D eigenvalue weighted by Gasteiger charge is -2.23. The summed E-state index contributed by atoms with van der Waals surface area (Å²) in [6, 6.07) is 5.04. The van der Waals surface area contributed by atoms with Gasteiger partial charge in [0.05, 0.1) is 0 Å². The van der Waals surface area contributed by atoms with Crippen LogP contribution in [0.2, 0.25) is 0 Å². The summed E-state index contributed by atoms with van der Waals surface area (Å²) in [5, 5.41) is 0. The fourth-order valence-corrected chi connectivity index (χ4v) is 1.33. The van der Waals surface area contributed by atoms with Gasteiger partial charge in [0.15, 0.2) is 0 Å². The summed E-state index contributed by atoms with van der Waals surface area (Å²) in [5.41, 5.74) is 0.198. The molecule has 16 heavy (non-hydrogen) atoms. The first-order valence-corrected chi connectivity index (χ1v) is 5.02. The van der Waals surface area contributed by atoms with Crippen LogP contribution in [0.15, 0.2) is 24.3 Å². The molecule has 0 spiro atoms. The Labute approximate surface area is 92.3 Å². The van der Waals surface area contributed by atoms with Crippen molar-refractivity contribution in [3.63, 3.8) is 0 Å². The molecule has 0 saturated heterocycles. The molecule has 0 unspecified atom stereocenters. The van der Waals surface area contributed by atoms with E-state index < -0.39 is 17.4 Å². The fourth-order valence-electron chi connectivity index (χ4n) is 1.33. The van der Waals surface area contributed by atoms with Crippen LogP contribution in [0.25, 0.3) is 0 Å². The molecule has 4 heteroatoms. The molecule has 0 nitrogen and oxygen atoms in total. The van der Waals surface area contributed by atoms with Gasteiger partial charge in [-0.05, 0) is 11.5 Å². The maximum atomic E-state index is 13.2. The Morgan fingerprint density at radius 2 is 1.38 bits per heavy atom. The van der Waals surface area contributed by atoms with Crippen molar-refractivity contribution in [3.05, 3.63) is 35.4 Å². The SMILES string of the molecule is CC(C)c1ccc(C(F)(F)C(C)(F)F)cc1. The van der Waals surface area contributed by atoms with Gasteiger partial charge in [0.1, 0.15) is 0 Å². The number of benzene rings is 1. The Morgan fingerprint density at radius 3 is 1.69 bits per heavy atom. The van der Waals surface area contributed by atoms with Gasteiger partial charge in [-0.1, -0.05) is 38.1 Å². The molecule has 0 aliphatic rings. The van der Waals surface area contributed by atoms with Gasteiger partial charge in [-0.2, -0.15) is 17.6 Å². The maximum Gasteiger partial charge on any atom is 0.335 e. The number of hydrogen-bond donors (Lipinski definition) is 0. The first-order valence-electron chi connectivity index (χ1n) is 5.02. The highest BCUT2D eigenvalue weighted by atomic mass is 19.3. The molecule has 90 valence electrons. The van der Waals surface area contributed by atoms with E-state index in [9.17, 15) is 17.6 Å². The van der Waals surface area contributed by atoms with E-state index >= 15 is 0 Å². The van der Waals surface area contributed by atoms with E-state index in [4.69, 9.17) is 0 Å². The van der Waals surface area contributed by atoms with Crippen molar-refractivity contribution in [1.82, 2.24) is 0 Å². The molecule has 0 N–H and O–H groups in total. The zero-order valence-corrected chi connectivity index (χ0v) is 9.40. The van der Waals surface area contributed by atoms with Crippen LogP contribution in [0, 0.1) is 0 Å². The van der Waals surface area contributed by atoms with Gasteiger partial charge in [0, 0.05) is 12.5 Å². The lowest BCUT2D eigenvalue weighted by Crippen LogP contribution is -2.34. The van der Waals surface area contributed by atoms with Gasteiger partial charge in [-0.25, -0.2) is 0 Å². The molecule has 1 aromatic rings. The van der Waals surface area contributed by atoms with Crippen LogP contribution >= 0.6 is 0 Å². The van der Waals surface area contributed by atoms with E-state index in [0.717, 1.165) is 17.7 Å². The third-order valence-electron chi connectivity index (χ3n) is 2.49. The number of rotatable bonds is 3. The Bertz CT molecular complexity index is 346. The summed E-state index contributed by atoms with van der Waals surface area (Å²) in [4.78, 5) is 0. The van der Waals surface area contributed by atoms with E-state index in [0.29, 0.717) is 0 Å². The highest BCUT2D eigenvalue weighted by Gasteiger charge is 2.53. The Morgan fingerprint density at radius 1 is 0.938 bits per heavy atom. The molecule has 1 aromatic carbocycles. The van der Waals surface area contributed by atoms with Crippen LogP contribution in [0.1, 0.15) is 37.8 Å². The van der Waals surface area contributed by atoms with Crippen molar-refractivity contribution < 1.29 is 17.6 Å². The molecule has 0 aliphatic heterocycles. The van der Waals surface area contributed by atoms with Crippen LogP contribution in [-0.4, -0.2) is 5.92 Å². The van der Waals surface area contributed by atoms with Crippen LogP contribution in [-0.2, 0) is 5.92 Å². The van der Waals surface area contributed by atoms with Crippen molar-refractivity contribution >= 4 is 0 Å². The van der Waals surface area contributed by atoms with Crippen molar-refractivity contribution in [1.29, 1.82) is 0 Å². The molecule has 0 radical (unpaired) electrons. The van der Waals surface area contributed by atoms with E-state index in [1.807, 2.05) is 13.8 Å². The number of alkyl halides is 4. The minimum Gasteiger partial charge on any atom is -0.200 e. The monoisotopic (exact) mass is 234 g/mol. The van der Waals surface area contributed by atoms with Crippen molar-refractivity contribution in [3.8, 4) is 0 Å². The minimum atomic E-state index is -4.12. The predicted molar refractivity (Wildman–Crippen MR) is 55.0 cm³/mol. The second kappa shape index (κ2) is 4.07. The van der Waals surface area contributed by atoms with E-state index in [-0.39, 0.29) is 12.8 Å². The lowest BCUT2D eigenvalue weighted by atomic mass is 9.98. The van der Waals surface area contributed by atoms with Crippen LogP contribution in [0.5, 0.6) is 0 Å². The van der Waals surface area contributed by atoms with Gasteiger partial charge < -0.3 is 0 Å². The third-order valence-corrected chi connectivity index (χ3v) is 2.49. The Hall–Kier alpha value is -1.06. The second-order valence-corrected chi connectivity index (χ2v) is 4.24. The predicted octanol–water partition coefficient (Wildman–Crippen LogP) is 4.56. The summed E-state index contributed by atoms with van der Waals surface area (Å²) in [7, 11) is 0. The molecular weight excluding hydrogens is 220 g/mol. The molecule has 0 atom stereocenters. The van der Waals surface area contributed by atoms with Gasteiger partial charge in [-0.15, -0.1) is 0 Å². The largest absolute Gasteiger partial charge is 0.335 e. The summed E-state index contributed by atoms with van der Waals surface area (Å²) in [5.74, 6) is -7.99. The van der Waals surface area contributed by atoms with E-state index in [1.165, 1.54) is 12.1 Å². The quantitative estimate of drug-likeness (QED) is 0.673. The van der Waals surface area contributed by atoms with Crippen LogP contribution in [0.3, 0.4) is 0 Å². The van der Waals surface area contributed by atoms with E-state index in [1.54, 1.807) is 0 Å². The van der Waals surface area contributed by atoms with Crippen molar-refractivity contribution in [2.24, 2.45) is 0 Å². The molecule has 0 saturated carbocycles. The Balaban J connectivity index is 3.07. The highest BCUT2D eigenvalue weighted by Crippen LogP contribution is 2.42. The smallest absolute Gasteiger partial charge is 0.200 e. The zero-order valence-electron chi connectivity index (χ0n) is 9.40. The van der Waals surface area contributed by atoms with Gasteiger partial charge in [0.25, 0.3) is 0 Å². The normalized spacial score (nSPS) is 13.2. The van der Waals surface area contributed by atoms with Gasteiger partial charge in [0.2, 0.25) is 0 Å². The van der Waals surface area contributed by atoms with Gasteiger partial charge >= 0.3 is 11.8 Å². The summed E-state index contributed by atoms with van der Waals surface area (Å²) < 4.78 is 51.9. The van der Waals surface area contributed by atoms with Crippen LogP contribution in [0.4, 0.5) is 17.6 Å². The Kier molecular flexibility index (Phi) is 3.31. The molecule has 0 fully saturated rings. The topological polar surface area (TPSA) is 0 Å². The third kappa shape index (κ3) is 2.36. The summed E-state index contributed by atoms with van der Waals surface area (Å²) in [6.07, 6.45) is 0. The van der Waals surface area contributed by atoms with E-state index in [2.05, 4.69) is 0 Å². The average Bonchev–Trinajstić information content (AvgIpc) is 2.16. The maximum absolute atomic E-state index is 13.2.